The Balaban J connectivity index is 1.63. The number of carbonyl (C=O) groups is 2. The van der Waals surface area contributed by atoms with Crippen molar-refractivity contribution >= 4 is 35.0 Å². The first-order valence-corrected chi connectivity index (χ1v) is 9.24. The van der Waals surface area contributed by atoms with E-state index in [9.17, 15) is 9.59 Å². The van der Waals surface area contributed by atoms with Crippen molar-refractivity contribution in [3.8, 4) is 0 Å². The normalized spacial score (nSPS) is 10.6. The molecule has 3 aromatic carbocycles. The number of benzene rings is 3. The lowest BCUT2D eigenvalue weighted by molar-refractivity contribution is 0.104. The topological polar surface area (TPSA) is 61.4 Å². The summed E-state index contributed by atoms with van der Waals surface area (Å²) in [5, 5.41) is 5.49. The number of hydrogen-bond donors (Lipinski definition) is 2. The van der Waals surface area contributed by atoms with Crippen LogP contribution in [0.25, 0.3) is 6.08 Å². The zero-order valence-corrected chi connectivity index (χ0v) is 16.4. The number of nitrogens with one attached hydrogen (secondary N) is 2. The highest BCUT2D eigenvalue weighted by atomic mass is 16.2. The summed E-state index contributed by atoms with van der Waals surface area (Å²) in [6.07, 6.45) is 3.32. The van der Waals surface area contributed by atoms with Crippen LogP contribution in [0, 0.1) is 0 Å². The van der Waals surface area contributed by atoms with E-state index < -0.39 is 0 Å². The van der Waals surface area contributed by atoms with Crippen molar-refractivity contribution in [2.24, 2.45) is 0 Å². The van der Waals surface area contributed by atoms with Gasteiger partial charge >= 0.3 is 6.03 Å². The Labute approximate surface area is 170 Å². The van der Waals surface area contributed by atoms with Gasteiger partial charge in [0.05, 0.1) is 0 Å². The number of urea groups is 1. The SMILES string of the molecule is CN(C)c1ccc(/C=C/C(=O)c2cccc(NC(=O)Nc3ccccc3)c2)cc1. The maximum atomic E-state index is 12.5. The molecule has 0 fully saturated rings. The van der Waals surface area contributed by atoms with Crippen LogP contribution in [0.5, 0.6) is 0 Å². The average molecular weight is 385 g/mol. The van der Waals surface area contributed by atoms with E-state index in [1.807, 2.05) is 61.5 Å². The van der Waals surface area contributed by atoms with Crippen molar-refractivity contribution < 1.29 is 9.59 Å². The molecule has 29 heavy (non-hydrogen) atoms. The van der Waals surface area contributed by atoms with Crippen molar-refractivity contribution in [3.05, 3.63) is 96.1 Å². The fourth-order valence-electron chi connectivity index (χ4n) is 2.72. The molecule has 0 bridgehead atoms. The van der Waals surface area contributed by atoms with E-state index in [1.54, 1.807) is 42.5 Å². The minimum Gasteiger partial charge on any atom is -0.378 e. The monoisotopic (exact) mass is 385 g/mol. The van der Waals surface area contributed by atoms with Gasteiger partial charge in [0.25, 0.3) is 0 Å². The van der Waals surface area contributed by atoms with Crippen LogP contribution in [0.3, 0.4) is 0 Å². The van der Waals surface area contributed by atoms with E-state index in [4.69, 9.17) is 0 Å². The molecular formula is C24H23N3O2. The van der Waals surface area contributed by atoms with Gasteiger partial charge in [0.1, 0.15) is 0 Å². The van der Waals surface area contributed by atoms with Crippen molar-refractivity contribution in [3.63, 3.8) is 0 Å². The molecule has 0 atom stereocenters. The number of ketones is 1. The Kier molecular flexibility index (Phi) is 6.43. The maximum absolute atomic E-state index is 12.5. The number of allylic oxidation sites excluding steroid dienone is 1. The van der Waals surface area contributed by atoms with Crippen molar-refractivity contribution in [1.29, 1.82) is 0 Å². The molecule has 0 radical (unpaired) electrons. The molecule has 0 saturated heterocycles. The predicted octanol–water partition coefficient (Wildman–Crippen LogP) is 5.29. The van der Waals surface area contributed by atoms with Crippen LogP contribution in [0.1, 0.15) is 15.9 Å². The largest absolute Gasteiger partial charge is 0.378 e. The molecule has 0 aliphatic carbocycles. The molecule has 5 nitrogen and oxygen atoms in total. The van der Waals surface area contributed by atoms with Crippen molar-refractivity contribution in [2.45, 2.75) is 0 Å². The molecule has 0 unspecified atom stereocenters. The van der Waals surface area contributed by atoms with Crippen LogP contribution in [-0.4, -0.2) is 25.9 Å². The Hall–Kier alpha value is -3.86. The third-order valence-electron chi connectivity index (χ3n) is 4.27. The van der Waals surface area contributed by atoms with E-state index in [0.29, 0.717) is 16.9 Å². The van der Waals surface area contributed by atoms with E-state index in [1.165, 1.54) is 6.08 Å². The van der Waals surface area contributed by atoms with Crippen LogP contribution in [0.4, 0.5) is 21.9 Å². The third kappa shape index (κ3) is 5.81. The maximum Gasteiger partial charge on any atom is 0.323 e. The molecule has 146 valence electrons. The molecule has 0 aliphatic heterocycles. The van der Waals surface area contributed by atoms with Gasteiger partial charge in [0.15, 0.2) is 5.78 Å². The van der Waals surface area contributed by atoms with E-state index in [2.05, 4.69) is 10.6 Å². The van der Waals surface area contributed by atoms with Crippen LogP contribution < -0.4 is 15.5 Å². The fraction of sp³-hybridized carbons (Fsp3) is 0.0833. The van der Waals surface area contributed by atoms with Gasteiger partial charge in [-0.05, 0) is 48.0 Å². The molecule has 0 spiro atoms. The molecule has 2 amide bonds. The molecule has 2 N–H and O–H groups in total. The summed E-state index contributed by atoms with van der Waals surface area (Å²) in [7, 11) is 3.96. The second-order valence-electron chi connectivity index (χ2n) is 6.71. The van der Waals surface area contributed by atoms with Crippen molar-refractivity contribution in [2.75, 3.05) is 29.6 Å². The number of rotatable bonds is 6. The highest BCUT2D eigenvalue weighted by Gasteiger charge is 2.06. The van der Waals surface area contributed by atoms with Gasteiger partial charge in [-0.25, -0.2) is 4.79 Å². The minimum absolute atomic E-state index is 0.131. The molecule has 5 heteroatoms. The van der Waals surface area contributed by atoms with Gasteiger partial charge in [-0.3, -0.25) is 4.79 Å². The molecule has 0 saturated carbocycles. The van der Waals surface area contributed by atoms with Gasteiger partial charge in [-0.2, -0.15) is 0 Å². The van der Waals surface area contributed by atoms with E-state index in [-0.39, 0.29) is 11.8 Å². The summed E-state index contributed by atoms with van der Waals surface area (Å²) in [4.78, 5) is 26.6. The quantitative estimate of drug-likeness (QED) is 0.447. The van der Waals surface area contributed by atoms with Crippen molar-refractivity contribution in [1.82, 2.24) is 0 Å². The Bertz CT molecular complexity index is 1010. The molecule has 3 rings (SSSR count). The van der Waals surface area contributed by atoms with Crippen LogP contribution >= 0.6 is 0 Å². The summed E-state index contributed by atoms with van der Waals surface area (Å²) in [6.45, 7) is 0. The lowest BCUT2D eigenvalue weighted by Gasteiger charge is -2.11. The summed E-state index contributed by atoms with van der Waals surface area (Å²) in [5.74, 6) is -0.131. The van der Waals surface area contributed by atoms with Gasteiger partial charge < -0.3 is 15.5 Å². The lowest BCUT2D eigenvalue weighted by Crippen LogP contribution is -2.19. The molecule has 3 aromatic rings. The average Bonchev–Trinajstić information content (AvgIpc) is 2.73. The fourth-order valence-corrected chi connectivity index (χ4v) is 2.72. The Morgan fingerprint density at radius 3 is 2.14 bits per heavy atom. The molecule has 0 aliphatic rings. The number of nitrogens with zero attached hydrogens (tertiary/aromatic N) is 1. The number of anilines is 3. The van der Waals surface area contributed by atoms with Gasteiger partial charge in [0, 0.05) is 36.7 Å². The molecule has 0 heterocycles. The molecule has 0 aromatic heterocycles. The Morgan fingerprint density at radius 2 is 1.45 bits per heavy atom. The highest BCUT2D eigenvalue weighted by molar-refractivity contribution is 6.08. The van der Waals surface area contributed by atoms with Gasteiger partial charge in [-0.1, -0.05) is 48.5 Å². The summed E-state index contributed by atoms with van der Waals surface area (Å²) < 4.78 is 0. The van der Waals surface area contributed by atoms with Crippen LogP contribution in [0.2, 0.25) is 0 Å². The van der Waals surface area contributed by atoms with E-state index >= 15 is 0 Å². The first-order valence-electron chi connectivity index (χ1n) is 9.24. The second-order valence-corrected chi connectivity index (χ2v) is 6.71. The summed E-state index contributed by atoms with van der Waals surface area (Å²) >= 11 is 0. The van der Waals surface area contributed by atoms with Crippen LogP contribution in [0.15, 0.2) is 84.9 Å². The van der Waals surface area contributed by atoms with E-state index in [0.717, 1.165) is 11.3 Å². The number of hydrogen-bond acceptors (Lipinski definition) is 3. The number of carbonyl (C=O) groups excluding carboxylic acids is 2. The first-order chi connectivity index (χ1) is 14.0. The first kappa shape index (κ1) is 19.9. The standard InChI is InChI=1S/C24H23N3O2/c1-27(2)22-14-11-18(12-15-22)13-16-23(28)19-7-6-10-21(17-19)26-24(29)25-20-8-4-3-5-9-20/h3-17H,1-2H3,(H2,25,26,29)/b16-13+. The molecular weight excluding hydrogens is 362 g/mol. The zero-order valence-electron chi connectivity index (χ0n) is 16.4. The van der Waals surface area contributed by atoms with Gasteiger partial charge in [0.2, 0.25) is 0 Å². The lowest BCUT2D eigenvalue weighted by atomic mass is 10.1. The third-order valence-corrected chi connectivity index (χ3v) is 4.27. The van der Waals surface area contributed by atoms with Gasteiger partial charge in [-0.15, -0.1) is 0 Å². The summed E-state index contributed by atoms with van der Waals surface area (Å²) in [5.41, 5.74) is 3.79. The summed E-state index contributed by atoms with van der Waals surface area (Å²) in [6, 6.07) is 23.6. The second kappa shape index (κ2) is 9.37. The number of para-hydroxylation sites is 1. The Morgan fingerprint density at radius 1 is 0.793 bits per heavy atom. The van der Waals surface area contributed by atoms with Crippen LogP contribution in [-0.2, 0) is 0 Å². The minimum atomic E-state index is -0.364. The number of amides is 2. The zero-order chi connectivity index (χ0) is 20.6. The highest BCUT2D eigenvalue weighted by Crippen LogP contribution is 2.15. The smallest absolute Gasteiger partial charge is 0.323 e. The predicted molar refractivity (Wildman–Crippen MR) is 120 cm³/mol.